The molecule has 3 heteroatoms. The van der Waals surface area contributed by atoms with Crippen LogP contribution < -0.4 is 5.63 Å². The minimum atomic E-state index is -0.313. The Balaban J connectivity index is 2.56. The monoisotopic (exact) mass is 228 g/mol. The lowest BCUT2D eigenvalue weighted by atomic mass is 10.1. The van der Waals surface area contributed by atoms with Gasteiger partial charge in [0.1, 0.15) is 16.9 Å². The first-order valence-electron chi connectivity index (χ1n) is 5.50. The fourth-order valence-corrected chi connectivity index (χ4v) is 2.15. The first-order valence-corrected chi connectivity index (χ1v) is 5.50. The molecule has 2 aromatic heterocycles. The molecular weight excluding hydrogens is 216 g/mol. The van der Waals surface area contributed by atoms with E-state index in [0.717, 1.165) is 33.2 Å². The molecule has 3 nitrogen and oxygen atoms in total. The average Bonchev–Trinajstić information content (AvgIpc) is 2.53. The third kappa shape index (κ3) is 1.39. The summed E-state index contributed by atoms with van der Waals surface area (Å²) in [6.07, 6.45) is 0. The quantitative estimate of drug-likeness (QED) is 0.553. The number of rotatable bonds is 0. The summed E-state index contributed by atoms with van der Waals surface area (Å²) in [5.74, 6) is 0.898. The number of furan rings is 1. The summed E-state index contributed by atoms with van der Waals surface area (Å²) in [4.78, 5) is 11.3. The Morgan fingerprint density at radius 3 is 2.29 bits per heavy atom. The third-order valence-corrected chi connectivity index (χ3v) is 3.25. The van der Waals surface area contributed by atoms with Gasteiger partial charge in [0.25, 0.3) is 0 Å². The Morgan fingerprint density at radius 1 is 0.882 bits per heavy atom. The second-order valence-corrected chi connectivity index (χ2v) is 4.38. The van der Waals surface area contributed by atoms with Crippen molar-refractivity contribution in [3.8, 4) is 0 Å². The third-order valence-electron chi connectivity index (χ3n) is 3.25. The molecule has 0 saturated carbocycles. The van der Waals surface area contributed by atoms with Crippen LogP contribution in [0.3, 0.4) is 0 Å². The number of fused-ring (bicyclic) bond motifs is 2. The molecule has 0 aliphatic heterocycles. The van der Waals surface area contributed by atoms with Gasteiger partial charge in [-0.05, 0) is 44.0 Å². The smallest absolute Gasteiger partial charge is 0.336 e. The van der Waals surface area contributed by atoms with Crippen molar-refractivity contribution in [2.75, 3.05) is 0 Å². The number of hydrogen-bond acceptors (Lipinski definition) is 3. The van der Waals surface area contributed by atoms with Crippen LogP contribution in [0.5, 0.6) is 0 Å². The largest absolute Gasteiger partial charge is 0.461 e. The zero-order chi connectivity index (χ0) is 12.2. The van der Waals surface area contributed by atoms with Crippen LogP contribution in [0.4, 0.5) is 0 Å². The van der Waals surface area contributed by atoms with E-state index in [2.05, 4.69) is 0 Å². The summed E-state index contributed by atoms with van der Waals surface area (Å²) < 4.78 is 10.9. The van der Waals surface area contributed by atoms with Crippen molar-refractivity contribution in [2.24, 2.45) is 0 Å². The van der Waals surface area contributed by atoms with Gasteiger partial charge in [-0.15, -0.1) is 0 Å². The van der Waals surface area contributed by atoms with Crippen LogP contribution >= 0.6 is 0 Å². The summed E-state index contributed by atoms with van der Waals surface area (Å²) in [5, 5.41) is 1.93. The first-order chi connectivity index (χ1) is 8.06. The van der Waals surface area contributed by atoms with Crippen LogP contribution in [-0.4, -0.2) is 0 Å². The topological polar surface area (TPSA) is 43.4 Å². The molecule has 0 spiro atoms. The highest BCUT2D eigenvalue weighted by atomic mass is 16.4. The van der Waals surface area contributed by atoms with E-state index in [1.807, 2.05) is 32.9 Å². The van der Waals surface area contributed by atoms with Gasteiger partial charge in [0.05, 0.1) is 0 Å². The highest BCUT2D eigenvalue weighted by Crippen LogP contribution is 2.29. The maximum absolute atomic E-state index is 11.3. The van der Waals surface area contributed by atoms with Gasteiger partial charge < -0.3 is 8.83 Å². The van der Waals surface area contributed by atoms with E-state index in [-0.39, 0.29) is 5.63 Å². The van der Waals surface area contributed by atoms with Crippen LogP contribution in [-0.2, 0) is 0 Å². The Kier molecular flexibility index (Phi) is 1.93. The van der Waals surface area contributed by atoms with Crippen LogP contribution in [0.15, 0.2) is 31.8 Å². The lowest BCUT2D eigenvalue weighted by molar-refractivity contribution is 0.559. The lowest BCUT2D eigenvalue weighted by Gasteiger charge is -2.00. The van der Waals surface area contributed by atoms with Gasteiger partial charge in [-0.3, -0.25) is 0 Å². The summed E-state index contributed by atoms with van der Waals surface area (Å²) in [5.41, 5.74) is 3.14. The van der Waals surface area contributed by atoms with E-state index >= 15 is 0 Å². The zero-order valence-corrected chi connectivity index (χ0v) is 9.96. The molecule has 0 unspecified atom stereocenters. The summed E-state index contributed by atoms with van der Waals surface area (Å²) in [7, 11) is 0. The van der Waals surface area contributed by atoms with Crippen molar-refractivity contribution in [2.45, 2.75) is 20.8 Å². The maximum Gasteiger partial charge on any atom is 0.336 e. The molecule has 17 heavy (non-hydrogen) atoms. The predicted octanol–water partition coefficient (Wildman–Crippen LogP) is 3.46. The molecule has 0 saturated heterocycles. The molecule has 1 aromatic carbocycles. The second-order valence-electron chi connectivity index (χ2n) is 4.38. The van der Waals surface area contributed by atoms with E-state index in [1.54, 1.807) is 0 Å². The molecule has 2 heterocycles. The predicted molar refractivity (Wildman–Crippen MR) is 66.5 cm³/mol. The van der Waals surface area contributed by atoms with Crippen molar-refractivity contribution in [3.05, 3.63) is 45.5 Å². The first kappa shape index (κ1) is 10.1. The molecule has 0 fully saturated rings. The van der Waals surface area contributed by atoms with E-state index in [9.17, 15) is 4.79 Å². The van der Waals surface area contributed by atoms with Crippen molar-refractivity contribution in [1.29, 1.82) is 0 Å². The molecule has 0 atom stereocenters. The number of aryl methyl sites for hydroxylation is 3. The number of hydrogen-bond donors (Lipinski definition) is 0. The maximum atomic E-state index is 11.3. The zero-order valence-electron chi connectivity index (χ0n) is 9.96. The summed E-state index contributed by atoms with van der Waals surface area (Å²) in [6, 6.07) is 5.31. The molecule has 3 rings (SSSR count). The van der Waals surface area contributed by atoms with Crippen LogP contribution in [0.1, 0.15) is 16.9 Å². The molecule has 0 amide bonds. The van der Waals surface area contributed by atoms with E-state index in [4.69, 9.17) is 8.83 Å². The highest BCUT2D eigenvalue weighted by molar-refractivity contribution is 5.96. The fraction of sp³-hybridized carbons (Fsp3) is 0.214. The van der Waals surface area contributed by atoms with Gasteiger partial charge in [-0.25, -0.2) is 4.79 Å². The van der Waals surface area contributed by atoms with Gasteiger partial charge in [0, 0.05) is 16.8 Å². The minimum absolute atomic E-state index is 0.313. The van der Waals surface area contributed by atoms with Crippen LogP contribution in [0, 0.1) is 20.8 Å². The second kappa shape index (κ2) is 3.23. The van der Waals surface area contributed by atoms with Crippen molar-refractivity contribution in [3.63, 3.8) is 0 Å². The molecular formula is C14H12O3. The summed E-state index contributed by atoms with van der Waals surface area (Å²) in [6.45, 7) is 5.83. The Hall–Kier alpha value is -2.03. The van der Waals surface area contributed by atoms with Crippen molar-refractivity contribution in [1.82, 2.24) is 0 Å². The molecule has 0 aliphatic rings. The molecule has 0 bridgehead atoms. The molecule has 0 radical (unpaired) electrons. The summed E-state index contributed by atoms with van der Waals surface area (Å²) >= 11 is 0. The molecule has 0 aliphatic carbocycles. The highest BCUT2D eigenvalue weighted by Gasteiger charge is 2.10. The minimum Gasteiger partial charge on any atom is -0.461 e. The van der Waals surface area contributed by atoms with Crippen LogP contribution in [0.2, 0.25) is 0 Å². The van der Waals surface area contributed by atoms with Crippen molar-refractivity contribution >= 4 is 21.9 Å². The van der Waals surface area contributed by atoms with Gasteiger partial charge in [-0.2, -0.15) is 0 Å². The Bertz CT molecular complexity index is 790. The standard InChI is InChI=1S/C14H12O3/c1-7-4-14(15)17-12-6-11-8(2)9(3)16-13(11)5-10(7)12/h4-6H,1-3H3. The van der Waals surface area contributed by atoms with E-state index in [1.165, 1.54) is 6.07 Å². The van der Waals surface area contributed by atoms with Crippen molar-refractivity contribution < 1.29 is 8.83 Å². The fourth-order valence-electron chi connectivity index (χ4n) is 2.15. The molecule has 86 valence electrons. The molecule has 3 aromatic rings. The average molecular weight is 228 g/mol. The van der Waals surface area contributed by atoms with Crippen LogP contribution in [0.25, 0.3) is 21.9 Å². The molecule has 0 N–H and O–H groups in total. The van der Waals surface area contributed by atoms with Gasteiger partial charge >= 0.3 is 5.63 Å². The van der Waals surface area contributed by atoms with Gasteiger partial charge in [0.15, 0.2) is 0 Å². The lowest BCUT2D eigenvalue weighted by Crippen LogP contribution is -1.97. The van der Waals surface area contributed by atoms with Gasteiger partial charge in [0.2, 0.25) is 0 Å². The Labute approximate surface area is 97.7 Å². The normalized spacial score (nSPS) is 11.5. The SMILES string of the molecule is Cc1oc2cc3c(C)cc(=O)oc3cc2c1C. The Morgan fingerprint density at radius 2 is 1.53 bits per heavy atom. The number of benzene rings is 1. The van der Waals surface area contributed by atoms with E-state index < -0.39 is 0 Å². The van der Waals surface area contributed by atoms with Gasteiger partial charge in [-0.1, -0.05) is 0 Å². The van der Waals surface area contributed by atoms with E-state index in [0.29, 0.717) is 5.58 Å².